The van der Waals surface area contributed by atoms with E-state index in [4.69, 9.17) is 11.6 Å². The molecule has 0 spiro atoms. The van der Waals surface area contributed by atoms with Crippen LogP contribution in [0.3, 0.4) is 0 Å². The van der Waals surface area contributed by atoms with Crippen LogP contribution < -0.4 is 0 Å². The molecule has 25 heavy (non-hydrogen) atoms. The van der Waals surface area contributed by atoms with Crippen LogP contribution in [-0.4, -0.2) is 10.5 Å². The highest BCUT2D eigenvalue weighted by atomic mass is 35.5. The van der Waals surface area contributed by atoms with Gasteiger partial charge in [-0.2, -0.15) is 0 Å². The summed E-state index contributed by atoms with van der Waals surface area (Å²) in [6.45, 7) is 4.33. The van der Waals surface area contributed by atoms with Crippen LogP contribution in [0.2, 0.25) is 5.02 Å². The molecule has 3 heteroatoms. The summed E-state index contributed by atoms with van der Waals surface area (Å²) in [5, 5.41) is 1.86. The summed E-state index contributed by atoms with van der Waals surface area (Å²) in [6.07, 6.45) is 4.29. The maximum Gasteiger partial charge on any atom is 0.262 e. The Morgan fingerprint density at radius 2 is 1.76 bits per heavy atom. The topological polar surface area (TPSA) is 22.0 Å². The molecule has 0 atom stereocenters. The molecule has 1 aliphatic rings. The molecule has 2 nitrogen and oxygen atoms in total. The third kappa shape index (κ3) is 2.79. The molecule has 0 fully saturated rings. The van der Waals surface area contributed by atoms with Crippen molar-refractivity contribution in [3.8, 4) is 0 Å². The number of nitrogens with zero attached hydrogens (tertiary/aromatic N) is 1. The first kappa shape index (κ1) is 16.4. The van der Waals surface area contributed by atoms with E-state index < -0.39 is 0 Å². The van der Waals surface area contributed by atoms with E-state index in [2.05, 4.69) is 26.0 Å². The fourth-order valence-electron chi connectivity index (χ4n) is 3.89. The predicted molar refractivity (Wildman–Crippen MR) is 104 cm³/mol. The van der Waals surface area contributed by atoms with Gasteiger partial charge in [0.05, 0.1) is 5.52 Å². The lowest BCUT2D eigenvalue weighted by atomic mass is 9.95. The molecule has 128 valence electrons. The van der Waals surface area contributed by atoms with Gasteiger partial charge >= 0.3 is 0 Å². The van der Waals surface area contributed by atoms with E-state index >= 15 is 0 Å². The molecule has 0 aliphatic heterocycles. The largest absolute Gasteiger partial charge is 0.280 e. The Hall–Kier alpha value is -2.06. The smallest absolute Gasteiger partial charge is 0.262 e. The van der Waals surface area contributed by atoms with Crippen molar-refractivity contribution in [2.24, 2.45) is 0 Å². The van der Waals surface area contributed by atoms with Crippen molar-refractivity contribution in [3.63, 3.8) is 0 Å². The molecule has 2 aromatic carbocycles. The highest BCUT2D eigenvalue weighted by Crippen LogP contribution is 2.34. The van der Waals surface area contributed by atoms with Crippen LogP contribution in [-0.2, 0) is 12.8 Å². The number of hydrogen-bond acceptors (Lipinski definition) is 1. The lowest BCUT2D eigenvalue weighted by molar-refractivity contribution is 0.0961. The fourth-order valence-corrected chi connectivity index (χ4v) is 4.06. The van der Waals surface area contributed by atoms with Gasteiger partial charge < -0.3 is 0 Å². The van der Waals surface area contributed by atoms with Gasteiger partial charge in [0.15, 0.2) is 0 Å². The maximum atomic E-state index is 13.3. The van der Waals surface area contributed by atoms with Gasteiger partial charge in [0.1, 0.15) is 0 Å². The van der Waals surface area contributed by atoms with Crippen LogP contribution in [0.5, 0.6) is 0 Å². The number of hydrogen-bond donors (Lipinski definition) is 0. The number of aromatic nitrogens is 1. The van der Waals surface area contributed by atoms with Crippen LogP contribution in [0.1, 0.15) is 59.8 Å². The Balaban J connectivity index is 1.87. The van der Waals surface area contributed by atoms with Gasteiger partial charge in [0.2, 0.25) is 0 Å². The molecule has 0 unspecified atom stereocenters. The average Bonchev–Trinajstić information content (AvgIpc) is 2.95. The van der Waals surface area contributed by atoms with Crippen LogP contribution in [0.4, 0.5) is 0 Å². The monoisotopic (exact) mass is 351 g/mol. The van der Waals surface area contributed by atoms with Crippen molar-refractivity contribution < 1.29 is 4.79 Å². The zero-order chi connectivity index (χ0) is 17.6. The Kier molecular flexibility index (Phi) is 4.16. The highest BCUT2D eigenvalue weighted by Gasteiger charge is 2.24. The first-order chi connectivity index (χ1) is 12.1. The zero-order valence-electron chi connectivity index (χ0n) is 14.7. The fraction of sp³-hybridized carbons (Fsp3) is 0.318. The van der Waals surface area contributed by atoms with E-state index in [1.54, 1.807) is 0 Å². The van der Waals surface area contributed by atoms with Crippen molar-refractivity contribution in [3.05, 3.63) is 69.9 Å². The average molecular weight is 352 g/mol. The Labute approximate surface area is 153 Å². The molecule has 1 heterocycles. The molecule has 0 amide bonds. The second-order valence-electron chi connectivity index (χ2n) is 7.21. The predicted octanol–water partition coefficient (Wildman–Crippen LogP) is 5.99. The maximum absolute atomic E-state index is 13.3. The number of carbonyl (C=O) groups is 1. The van der Waals surface area contributed by atoms with Gasteiger partial charge in [-0.25, -0.2) is 0 Å². The van der Waals surface area contributed by atoms with Crippen molar-refractivity contribution in [2.75, 3.05) is 0 Å². The van der Waals surface area contributed by atoms with E-state index in [1.807, 2.05) is 34.9 Å². The Morgan fingerprint density at radius 1 is 1.04 bits per heavy atom. The second kappa shape index (κ2) is 6.34. The first-order valence-electron chi connectivity index (χ1n) is 9.02. The van der Waals surface area contributed by atoms with Gasteiger partial charge in [-0.05, 0) is 73.1 Å². The quantitative estimate of drug-likeness (QED) is 0.556. The minimum absolute atomic E-state index is 0.0609. The van der Waals surface area contributed by atoms with E-state index in [-0.39, 0.29) is 5.91 Å². The Morgan fingerprint density at radius 3 is 2.48 bits per heavy atom. The van der Waals surface area contributed by atoms with Crippen molar-refractivity contribution in [1.82, 2.24) is 4.57 Å². The molecular weight excluding hydrogens is 330 g/mol. The summed E-state index contributed by atoms with van der Waals surface area (Å²) < 4.78 is 1.92. The molecule has 0 N–H and O–H groups in total. The summed E-state index contributed by atoms with van der Waals surface area (Å²) in [6, 6.07) is 13.9. The molecule has 0 bridgehead atoms. The summed E-state index contributed by atoms with van der Waals surface area (Å²) in [4.78, 5) is 13.3. The van der Waals surface area contributed by atoms with Crippen LogP contribution in [0.25, 0.3) is 10.9 Å². The van der Waals surface area contributed by atoms with Crippen LogP contribution >= 0.6 is 11.6 Å². The van der Waals surface area contributed by atoms with Crippen molar-refractivity contribution >= 4 is 28.4 Å². The molecule has 0 saturated heterocycles. The Bertz CT molecular complexity index is 950. The second-order valence-corrected chi connectivity index (χ2v) is 7.65. The summed E-state index contributed by atoms with van der Waals surface area (Å²) in [5.41, 5.74) is 5.44. The SMILES string of the molecule is CC(C)c1ccc(C(=O)n2c3c(c4cc(Cl)ccc42)CCCC3)cc1. The summed E-state index contributed by atoms with van der Waals surface area (Å²) in [7, 11) is 0. The van der Waals surface area contributed by atoms with E-state index in [0.29, 0.717) is 5.92 Å². The van der Waals surface area contributed by atoms with E-state index in [0.717, 1.165) is 40.8 Å². The third-order valence-electron chi connectivity index (χ3n) is 5.26. The van der Waals surface area contributed by atoms with Gasteiger partial charge in [-0.1, -0.05) is 37.6 Å². The molecule has 0 saturated carbocycles. The number of benzene rings is 2. The molecule has 1 aromatic heterocycles. The lowest BCUT2D eigenvalue weighted by Gasteiger charge is -2.15. The molecule has 0 radical (unpaired) electrons. The highest BCUT2D eigenvalue weighted by molar-refractivity contribution is 6.31. The van der Waals surface area contributed by atoms with Crippen molar-refractivity contribution in [1.29, 1.82) is 0 Å². The first-order valence-corrected chi connectivity index (χ1v) is 9.40. The van der Waals surface area contributed by atoms with Crippen molar-refractivity contribution in [2.45, 2.75) is 45.4 Å². The van der Waals surface area contributed by atoms with Gasteiger partial charge in [-0.3, -0.25) is 9.36 Å². The summed E-state index contributed by atoms with van der Waals surface area (Å²) >= 11 is 6.22. The van der Waals surface area contributed by atoms with Crippen LogP contribution in [0, 0.1) is 0 Å². The molecule has 1 aliphatic carbocycles. The van der Waals surface area contributed by atoms with Gasteiger partial charge in [0.25, 0.3) is 5.91 Å². The van der Waals surface area contributed by atoms with E-state index in [1.165, 1.54) is 23.2 Å². The summed E-state index contributed by atoms with van der Waals surface area (Å²) in [5.74, 6) is 0.525. The molecule has 3 aromatic rings. The van der Waals surface area contributed by atoms with Gasteiger partial charge in [-0.15, -0.1) is 0 Å². The number of fused-ring (bicyclic) bond motifs is 3. The standard InChI is InChI=1S/C22H22ClNO/c1-14(2)15-7-9-16(10-8-15)22(25)24-20-6-4-3-5-18(20)19-13-17(23)11-12-21(19)24/h7-14H,3-6H2,1-2H3. The number of halogens is 1. The normalized spacial score (nSPS) is 14.1. The zero-order valence-corrected chi connectivity index (χ0v) is 15.4. The third-order valence-corrected chi connectivity index (χ3v) is 5.50. The minimum atomic E-state index is 0.0609. The minimum Gasteiger partial charge on any atom is -0.280 e. The van der Waals surface area contributed by atoms with Crippen LogP contribution in [0.15, 0.2) is 42.5 Å². The van der Waals surface area contributed by atoms with E-state index in [9.17, 15) is 4.79 Å². The number of aryl methyl sites for hydroxylation is 1. The lowest BCUT2D eigenvalue weighted by Crippen LogP contribution is -2.17. The number of carbonyl (C=O) groups excluding carboxylic acids is 1. The molecular formula is C22H22ClNO. The molecule has 4 rings (SSSR count). The van der Waals surface area contributed by atoms with Gasteiger partial charge in [0, 0.05) is 21.7 Å². The number of rotatable bonds is 2.